The Balaban J connectivity index is 2.57. The number of nitrogens with one attached hydrogen (secondary N) is 1. The van der Waals surface area contributed by atoms with Gasteiger partial charge in [-0.15, -0.1) is 11.3 Å². The fraction of sp³-hybridized carbons (Fsp3) is 0.636. The highest BCUT2D eigenvalue weighted by Crippen LogP contribution is 2.14. The first kappa shape index (κ1) is 14.1. The van der Waals surface area contributed by atoms with E-state index in [2.05, 4.69) is 15.2 Å². The molecule has 0 aliphatic rings. The van der Waals surface area contributed by atoms with Crippen molar-refractivity contribution in [2.75, 3.05) is 33.8 Å². The van der Waals surface area contributed by atoms with Gasteiger partial charge in [-0.3, -0.25) is 5.32 Å². The summed E-state index contributed by atoms with van der Waals surface area (Å²) in [5.41, 5.74) is 2.45. The minimum absolute atomic E-state index is 0.267. The maximum atomic E-state index is 11.8. The van der Waals surface area contributed by atoms with E-state index in [1.54, 1.807) is 12.4 Å². The van der Waals surface area contributed by atoms with Crippen LogP contribution in [0.15, 0.2) is 10.9 Å². The van der Waals surface area contributed by atoms with Crippen LogP contribution >= 0.6 is 11.3 Å². The molecule has 1 aromatic rings. The molecule has 0 fully saturated rings. The number of ether oxygens (including phenoxy) is 1. The van der Waals surface area contributed by atoms with E-state index >= 15 is 0 Å². The minimum atomic E-state index is -0.457. The van der Waals surface area contributed by atoms with Crippen LogP contribution in [-0.4, -0.2) is 49.6 Å². The Bertz CT molecular complexity index is 327. The minimum Gasteiger partial charge on any atom is -0.465 e. The van der Waals surface area contributed by atoms with Crippen LogP contribution in [0.5, 0.6) is 0 Å². The molecule has 6 heteroatoms. The number of hydrogen-bond acceptors (Lipinski definition) is 6. The SMILES string of the molecule is CCOC(=O)C(NCCN(C)C)c1cscn1. The third-order valence-electron chi connectivity index (χ3n) is 2.18. The largest absolute Gasteiger partial charge is 0.465 e. The van der Waals surface area contributed by atoms with E-state index in [0.29, 0.717) is 13.2 Å². The number of carbonyl (C=O) groups is 1. The van der Waals surface area contributed by atoms with Crippen molar-refractivity contribution in [3.05, 3.63) is 16.6 Å². The third-order valence-corrected chi connectivity index (χ3v) is 2.78. The van der Waals surface area contributed by atoms with Crippen molar-refractivity contribution < 1.29 is 9.53 Å². The Morgan fingerprint density at radius 2 is 2.41 bits per heavy atom. The van der Waals surface area contributed by atoms with Gasteiger partial charge in [-0.2, -0.15) is 0 Å². The van der Waals surface area contributed by atoms with E-state index < -0.39 is 6.04 Å². The average molecular weight is 257 g/mol. The van der Waals surface area contributed by atoms with Crippen LogP contribution in [0.25, 0.3) is 0 Å². The normalized spacial score (nSPS) is 12.7. The number of likely N-dealkylation sites (N-methyl/N-ethyl adjacent to an activating group) is 1. The van der Waals surface area contributed by atoms with Crippen molar-refractivity contribution >= 4 is 17.3 Å². The Labute approximate surface area is 106 Å². The summed E-state index contributed by atoms with van der Waals surface area (Å²) < 4.78 is 5.03. The van der Waals surface area contributed by atoms with E-state index in [1.165, 1.54) is 11.3 Å². The first-order chi connectivity index (χ1) is 8.15. The predicted molar refractivity (Wildman–Crippen MR) is 68.0 cm³/mol. The van der Waals surface area contributed by atoms with Gasteiger partial charge in [-0.1, -0.05) is 0 Å². The Morgan fingerprint density at radius 1 is 1.65 bits per heavy atom. The molecule has 0 amide bonds. The lowest BCUT2D eigenvalue weighted by Gasteiger charge is -2.17. The van der Waals surface area contributed by atoms with Crippen LogP contribution in [0.4, 0.5) is 0 Å². The number of thiazole rings is 1. The molecular weight excluding hydrogens is 238 g/mol. The topological polar surface area (TPSA) is 54.5 Å². The number of nitrogens with zero attached hydrogens (tertiary/aromatic N) is 2. The van der Waals surface area contributed by atoms with Gasteiger partial charge in [0.2, 0.25) is 0 Å². The molecule has 0 aromatic carbocycles. The fourth-order valence-electron chi connectivity index (χ4n) is 1.33. The fourth-order valence-corrected chi connectivity index (χ4v) is 1.91. The first-order valence-electron chi connectivity index (χ1n) is 5.58. The molecule has 5 nitrogen and oxygen atoms in total. The Kier molecular flexibility index (Phi) is 6.10. The average Bonchev–Trinajstić information content (AvgIpc) is 2.77. The number of aromatic nitrogens is 1. The Hall–Kier alpha value is -0.980. The monoisotopic (exact) mass is 257 g/mol. The summed E-state index contributed by atoms with van der Waals surface area (Å²) in [6, 6.07) is -0.457. The molecule has 17 heavy (non-hydrogen) atoms. The molecule has 1 atom stereocenters. The van der Waals surface area contributed by atoms with Gasteiger partial charge in [-0.05, 0) is 21.0 Å². The molecule has 0 saturated heterocycles. The molecule has 0 bridgehead atoms. The molecule has 96 valence electrons. The molecular formula is C11H19N3O2S. The van der Waals surface area contributed by atoms with Crippen molar-refractivity contribution in [2.24, 2.45) is 0 Å². The lowest BCUT2D eigenvalue weighted by molar-refractivity contribution is -0.146. The zero-order valence-corrected chi connectivity index (χ0v) is 11.3. The van der Waals surface area contributed by atoms with Crippen LogP contribution in [0.3, 0.4) is 0 Å². The summed E-state index contributed by atoms with van der Waals surface area (Å²) in [4.78, 5) is 18.0. The summed E-state index contributed by atoms with van der Waals surface area (Å²) in [6.45, 7) is 3.76. The summed E-state index contributed by atoms with van der Waals surface area (Å²) >= 11 is 1.47. The van der Waals surface area contributed by atoms with Gasteiger partial charge in [0.15, 0.2) is 0 Å². The van der Waals surface area contributed by atoms with Gasteiger partial charge in [-0.25, -0.2) is 9.78 Å². The first-order valence-corrected chi connectivity index (χ1v) is 6.52. The standard InChI is InChI=1S/C11H19N3O2S/c1-4-16-11(15)10(9-7-17-8-13-9)12-5-6-14(2)3/h7-8,10,12H,4-6H2,1-3H3. The summed E-state index contributed by atoms with van der Waals surface area (Å²) in [5.74, 6) is -0.267. The van der Waals surface area contributed by atoms with E-state index in [-0.39, 0.29) is 5.97 Å². The number of esters is 1. The van der Waals surface area contributed by atoms with Crippen molar-refractivity contribution in [3.63, 3.8) is 0 Å². The maximum Gasteiger partial charge on any atom is 0.329 e. The van der Waals surface area contributed by atoms with Crippen molar-refractivity contribution in [3.8, 4) is 0 Å². The van der Waals surface area contributed by atoms with Crippen molar-refractivity contribution in [1.82, 2.24) is 15.2 Å². The molecule has 0 radical (unpaired) electrons. The summed E-state index contributed by atoms with van der Waals surface area (Å²) in [6.07, 6.45) is 0. The van der Waals surface area contributed by atoms with Crippen LogP contribution in [-0.2, 0) is 9.53 Å². The van der Waals surface area contributed by atoms with E-state index in [0.717, 1.165) is 12.2 Å². The van der Waals surface area contributed by atoms with E-state index in [9.17, 15) is 4.79 Å². The number of hydrogen-bond donors (Lipinski definition) is 1. The van der Waals surface area contributed by atoms with Gasteiger partial charge >= 0.3 is 5.97 Å². The highest BCUT2D eigenvalue weighted by atomic mass is 32.1. The van der Waals surface area contributed by atoms with Gasteiger partial charge in [0.05, 0.1) is 17.8 Å². The quantitative estimate of drug-likeness (QED) is 0.736. The lowest BCUT2D eigenvalue weighted by atomic mass is 10.2. The van der Waals surface area contributed by atoms with Crippen LogP contribution in [0.1, 0.15) is 18.7 Å². The summed E-state index contributed by atoms with van der Waals surface area (Å²) in [5, 5.41) is 5.03. The van der Waals surface area contributed by atoms with Gasteiger partial charge in [0.1, 0.15) is 6.04 Å². The molecule has 1 rings (SSSR count). The molecule has 1 N–H and O–H groups in total. The highest BCUT2D eigenvalue weighted by Gasteiger charge is 2.22. The zero-order chi connectivity index (χ0) is 12.7. The molecule has 0 saturated carbocycles. The lowest BCUT2D eigenvalue weighted by Crippen LogP contribution is -2.35. The van der Waals surface area contributed by atoms with Crippen LogP contribution in [0.2, 0.25) is 0 Å². The second-order valence-corrected chi connectivity index (χ2v) is 4.57. The Morgan fingerprint density at radius 3 is 2.94 bits per heavy atom. The third kappa shape index (κ3) is 4.80. The molecule has 0 spiro atoms. The number of carbonyl (C=O) groups excluding carboxylic acids is 1. The molecule has 1 heterocycles. The van der Waals surface area contributed by atoms with Crippen LogP contribution in [0, 0.1) is 0 Å². The van der Waals surface area contributed by atoms with Crippen molar-refractivity contribution in [1.29, 1.82) is 0 Å². The van der Waals surface area contributed by atoms with Crippen molar-refractivity contribution in [2.45, 2.75) is 13.0 Å². The van der Waals surface area contributed by atoms with E-state index in [4.69, 9.17) is 4.74 Å². The smallest absolute Gasteiger partial charge is 0.329 e. The molecule has 1 aromatic heterocycles. The zero-order valence-electron chi connectivity index (χ0n) is 10.5. The molecule has 0 aliphatic carbocycles. The van der Waals surface area contributed by atoms with Gasteiger partial charge < -0.3 is 9.64 Å². The maximum absolute atomic E-state index is 11.8. The summed E-state index contributed by atoms with van der Waals surface area (Å²) in [7, 11) is 3.98. The van der Waals surface area contributed by atoms with Gasteiger partial charge in [0, 0.05) is 18.5 Å². The number of rotatable bonds is 7. The van der Waals surface area contributed by atoms with Crippen LogP contribution < -0.4 is 5.32 Å². The second kappa shape index (κ2) is 7.37. The highest BCUT2D eigenvalue weighted by molar-refractivity contribution is 7.07. The molecule has 0 aliphatic heterocycles. The van der Waals surface area contributed by atoms with Gasteiger partial charge in [0.25, 0.3) is 0 Å². The molecule has 1 unspecified atom stereocenters. The predicted octanol–water partition coefficient (Wildman–Crippen LogP) is 0.899. The van der Waals surface area contributed by atoms with E-state index in [1.807, 2.05) is 19.5 Å². The second-order valence-electron chi connectivity index (χ2n) is 3.86.